The standard InChI is InChI=1S/C37H48N4O3/c1-3-29(2)27-41-23-13-14-30(28-41)25-39-34(42)21-22-38-36(44)26-40-35(43)24-37(31-15-7-4-8-16-31,32-17-9-5-10-18-32)33-19-11-6-12-20-33/h4-12,15-20,29-30H,3,13-14,21-28H2,1-2H3,(H,38,44)(H,39,42)(H,40,43)/t29?,30-/m1/s1. The van der Waals surface area contributed by atoms with Crippen molar-refractivity contribution in [2.45, 2.75) is 51.4 Å². The number of hydrogen-bond donors (Lipinski definition) is 3. The first kappa shape index (κ1) is 32.9. The monoisotopic (exact) mass is 596 g/mol. The molecule has 0 aromatic heterocycles. The molecule has 7 heteroatoms. The Hall–Kier alpha value is -3.97. The summed E-state index contributed by atoms with van der Waals surface area (Å²) in [5, 5.41) is 8.65. The lowest BCUT2D eigenvalue weighted by Crippen LogP contribution is -2.43. The van der Waals surface area contributed by atoms with E-state index >= 15 is 0 Å². The van der Waals surface area contributed by atoms with Crippen LogP contribution in [0.2, 0.25) is 0 Å². The first-order valence-corrected chi connectivity index (χ1v) is 16.1. The van der Waals surface area contributed by atoms with Gasteiger partial charge in [0, 0.05) is 39.0 Å². The van der Waals surface area contributed by atoms with E-state index in [0.717, 1.165) is 42.7 Å². The molecule has 3 aromatic rings. The van der Waals surface area contributed by atoms with Gasteiger partial charge in [-0.3, -0.25) is 14.4 Å². The van der Waals surface area contributed by atoms with Crippen LogP contribution in [0.3, 0.4) is 0 Å². The SMILES string of the molecule is CCC(C)CN1CCC[C@H](CNC(=O)CCNC(=O)CNC(=O)CC(c2ccccc2)(c2ccccc2)c2ccccc2)C1. The molecule has 44 heavy (non-hydrogen) atoms. The Morgan fingerprint density at radius 2 is 1.36 bits per heavy atom. The van der Waals surface area contributed by atoms with Crippen LogP contribution in [-0.4, -0.2) is 61.9 Å². The maximum absolute atomic E-state index is 13.4. The molecule has 7 nitrogen and oxygen atoms in total. The minimum atomic E-state index is -0.730. The average Bonchev–Trinajstić information content (AvgIpc) is 3.06. The lowest BCUT2D eigenvalue weighted by atomic mass is 9.67. The van der Waals surface area contributed by atoms with E-state index < -0.39 is 5.41 Å². The van der Waals surface area contributed by atoms with Crippen molar-refractivity contribution in [1.82, 2.24) is 20.9 Å². The molecule has 1 aliphatic heterocycles. The lowest BCUT2D eigenvalue weighted by molar-refractivity contribution is -0.126. The van der Waals surface area contributed by atoms with E-state index in [1.54, 1.807) is 0 Å². The van der Waals surface area contributed by atoms with Crippen LogP contribution in [0.1, 0.15) is 62.6 Å². The highest BCUT2D eigenvalue weighted by atomic mass is 16.2. The van der Waals surface area contributed by atoms with Gasteiger partial charge >= 0.3 is 0 Å². The highest BCUT2D eigenvalue weighted by Crippen LogP contribution is 2.42. The van der Waals surface area contributed by atoms with Gasteiger partial charge in [0.05, 0.1) is 12.0 Å². The second-order valence-corrected chi connectivity index (χ2v) is 12.1. The Balaban J connectivity index is 1.27. The Bertz CT molecular complexity index is 1220. The van der Waals surface area contributed by atoms with Gasteiger partial charge in [0.25, 0.3) is 0 Å². The maximum Gasteiger partial charge on any atom is 0.239 e. The van der Waals surface area contributed by atoms with Crippen molar-refractivity contribution in [2.75, 3.05) is 39.3 Å². The number of rotatable bonds is 15. The van der Waals surface area contributed by atoms with Crippen LogP contribution in [0.4, 0.5) is 0 Å². The smallest absolute Gasteiger partial charge is 0.239 e. The van der Waals surface area contributed by atoms with Crippen molar-refractivity contribution in [2.24, 2.45) is 11.8 Å². The zero-order valence-electron chi connectivity index (χ0n) is 26.3. The molecule has 1 heterocycles. The van der Waals surface area contributed by atoms with Crippen LogP contribution in [0.5, 0.6) is 0 Å². The first-order chi connectivity index (χ1) is 21.4. The fraction of sp³-hybridized carbons (Fsp3) is 0.432. The molecule has 1 unspecified atom stereocenters. The van der Waals surface area contributed by atoms with Crippen LogP contribution >= 0.6 is 0 Å². The zero-order valence-corrected chi connectivity index (χ0v) is 26.3. The van der Waals surface area contributed by atoms with E-state index in [4.69, 9.17) is 0 Å². The average molecular weight is 597 g/mol. The summed E-state index contributed by atoms with van der Waals surface area (Å²) in [6.45, 7) is 8.56. The van der Waals surface area contributed by atoms with Crippen LogP contribution in [0.15, 0.2) is 91.0 Å². The number of benzene rings is 3. The minimum Gasteiger partial charge on any atom is -0.356 e. The number of amides is 3. The summed E-state index contributed by atoms with van der Waals surface area (Å²) in [6, 6.07) is 30.0. The second-order valence-electron chi connectivity index (χ2n) is 12.1. The molecule has 0 radical (unpaired) electrons. The topological polar surface area (TPSA) is 90.5 Å². The minimum absolute atomic E-state index is 0.0632. The molecule has 1 aliphatic rings. The van der Waals surface area contributed by atoms with Gasteiger partial charge in [0.15, 0.2) is 0 Å². The highest BCUT2D eigenvalue weighted by molar-refractivity contribution is 5.86. The van der Waals surface area contributed by atoms with Crippen LogP contribution in [0.25, 0.3) is 0 Å². The molecule has 1 saturated heterocycles. The fourth-order valence-corrected chi connectivity index (χ4v) is 6.23. The summed E-state index contributed by atoms with van der Waals surface area (Å²) in [5.41, 5.74) is 2.27. The molecular weight excluding hydrogens is 548 g/mol. The zero-order chi connectivity index (χ0) is 31.2. The third kappa shape index (κ3) is 9.26. The Morgan fingerprint density at radius 3 is 1.91 bits per heavy atom. The Labute approximate surface area is 262 Å². The van der Waals surface area contributed by atoms with Crippen molar-refractivity contribution in [3.63, 3.8) is 0 Å². The van der Waals surface area contributed by atoms with Gasteiger partial charge in [-0.05, 0) is 47.9 Å². The van der Waals surface area contributed by atoms with Gasteiger partial charge in [0.2, 0.25) is 17.7 Å². The number of nitrogens with one attached hydrogen (secondary N) is 3. The first-order valence-electron chi connectivity index (χ1n) is 16.1. The molecule has 4 rings (SSSR count). The van der Waals surface area contributed by atoms with Crippen molar-refractivity contribution in [3.8, 4) is 0 Å². The molecule has 1 fully saturated rings. The fourth-order valence-electron chi connectivity index (χ4n) is 6.23. The van der Waals surface area contributed by atoms with Gasteiger partial charge in [-0.1, -0.05) is 111 Å². The number of carbonyl (C=O) groups excluding carboxylic acids is 3. The largest absolute Gasteiger partial charge is 0.356 e. The molecule has 3 N–H and O–H groups in total. The molecule has 0 saturated carbocycles. The van der Waals surface area contributed by atoms with E-state index in [9.17, 15) is 14.4 Å². The number of hydrogen-bond acceptors (Lipinski definition) is 4. The van der Waals surface area contributed by atoms with Crippen molar-refractivity contribution >= 4 is 17.7 Å². The van der Waals surface area contributed by atoms with Gasteiger partial charge in [-0.2, -0.15) is 0 Å². The van der Waals surface area contributed by atoms with Crippen molar-refractivity contribution in [3.05, 3.63) is 108 Å². The third-order valence-electron chi connectivity index (χ3n) is 8.80. The summed E-state index contributed by atoms with van der Waals surface area (Å²) in [4.78, 5) is 41.0. The Kier molecular flexibility index (Phi) is 12.5. The molecule has 3 aromatic carbocycles. The molecule has 234 valence electrons. The molecule has 0 bridgehead atoms. The summed E-state index contributed by atoms with van der Waals surface area (Å²) in [6.07, 6.45) is 3.83. The lowest BCUT2D eigenvalue weighted by Gasteiger charge is -2.35. The van der Waals surface area contributed by atoms with E-state index in [1.165, 1.54) is 12.8 Å². The van der Waals surface area contributed by atoms with Gasteiger partial charge < -0.3 is 20.9 Å². The third-order valence-corrected chi connectivity index (χ3v) is 8.80. The molecule has 0 spiro atoms. The predicted molar refractivity (Wildman–Crippen MR) is 176 cm³/mol. The summed E-state index contributed by atoms with van der Waals surface area (Å²) < 4.78 is 0. The highest BCUT2D eigenvalue weighted by Gasteiger charge is 2.38. The van der Waals surface area contributed by atoms with Gasteiger partial charge in [0.1, 0.15) is 0 Å². The number of piperidine rings is 1. The molecule has 0 aliphatic carbocycles. The quantitative estimate of drug-likeness (QED) is 0.218. The number of carbonyl (C=O) groups is 3. The van der Waals surface area contributed by atoms with Crippen LogP contribution in [-0.2, 0) is 19.8 Å². The number of likely N-dealkylation sites (tertiary alicyclic amines) is 1. The Morgan fingerprint density at radius 1 is 0.795 bits per heavy atom. The summed E-state index contributed by atoms with van der Waals surface area (Å²) in [5.74, 6) is 0.548. The van der Waals surface area contributed by atoms with Crippen molar-refractivity contribution in [1.29, 1.82) is 0 Å². The molecule has 2 atom stereocenters. The van der Waals surface area contributed by atoms with Crippen molar-refractivity contribution < 1.29 is 14.4 Å². The summed E-state index contributed by atoms with van der Waals surface area (Å²) in [7, 11) is 0. The normalized spacial score (nSPS) is 16.1. The van der Waals surface area contributed by atoms with E-state index in [2.05, 4.69) is 34.7 Å². The maximum atomic E-state index is 13.4. The van der Waals surface area contributed by atoms with Gasteiger partial charge in [-0.25, -0.2) is 0 Å². The molecular formula is C37H48N4O3. The molecule has 3 amide bonds. The van der Waals surface area contributed by atoms with Gasteiger partial charge in [-0.15, -0.1) is 0 Å². The predicted octanol–water partition coefficient (Wildman–Crippen LogP) is 4.91. The summed E-state index contributed by atoms with van der Waals surface area (Å²) >= 11 is 0. The van der Waals surface area contributed by atoms with Crippen LogP contribution < -0.4 is 16.0 Å². The van der Waals surface area contributed by atoms with E-state index in [1.807, 2.05) is 91.0 Å². The number of nitrogens with zero attached hydrogens (tertiary/aromatic N) is 1. The van der Waals surface area contributed by atoms with E-state index in [0.29, 0.717) is 18.4 Å². The van der Waals surface area contributed by atoms with E-state index in [-0.39, 0.29) is 43.7 Å². The van der Waals surface area contributed by atoms with Crippen LogP contribution in [0, 0.1) is 11.8 Å². The second kappa shape index (κ2) is 16.8.